The predicted octanol–water partition coefficient (Wildman–Crippen LogP) is 6.09. The van der Waals surface area contributed by atoms with E-state index in [4.69, 9.17) is 9.97 Å². The van der Waals surface area contributed by atoms with Crippen molar-refractivity contribution in [1.29, 1.82) is 0 Å². The maximum atomic E-state index is 4.80. The lowest BCUT2D eigenvalue weighted by Gasteiger charge is -2.30. The number of para-hydroxylation sites is 1. The maximum absolute atomic E-state index is 4.80. The first-order valence-corrected chi connectivity index (χ1v) is 12.1. The number of benzene rings is 2. The summed E-state index contributed by atoms with van der Waals surface area (Å²) in [6.45, 7) is 0.888. The van der Waals surface area contributed by atoms with Crippen molar-refractivity contribution in [2.45, 2.75) is 51.7 Å². The molecule has 1 aliphatic rings. The Bertz CT molecular complexity index is 1230. The van der Waals surface area contributed by atoms with Crippen LogP contribution in [0.25, 0.3) is 21.8 Å². The Morgan fingerprint density at radius 1 is 1.00 bits per heavy atom. The van der Waals surface area contributed by atoms with Gasteiger partial charge in [-0.15, -0.1) is 0 Å². The summed E-state index contributed by atoms with van der Waals surface area (Å²) in [5.41, 5.74) is 3.49. The largest absolute Gasteiger partial charge is 0.362 e. The maximum Gasteiger partial charge on any atom is 0.225 e. The number of H-pyrrole nitrogens is 1. The van der Waals surface area contributed by atoms with Gasteiger partial charge in [-0.3, -0.25) is 0 Å². The second kappa shape index (κ2) is 10.1. The van der Waals surface area contributed by atoms with Gasteiger partial charge in [-0.05, 0) is 61.6 Å². The van der Waals surface area contributed by atoms with Crippen molar-refractivity contribution in [3.05, 3.63) is 58.7 Å². The fraction of sp³-hybridized carbons (Fsp3) is 0.385. The Morgan fingerprint density at radius 2 is 1.76 bits per heavy atom. The average Bonchev–Trinajstić information content (AvgIpc) is 3.20. The second-order valence-electron chi connectivity index (χ2n) is 8.86. The van der Waals surface area contributed by atoms with E-state index >= 15 is 0 Å². The van der Waals surface area contributed by atoms with E-state index in [-0.39, 0.29) is 7.43 Å². The van der Waals surface area contributed by atoms with Crippen LogP contribution in [0.4, 0.5) is 11.8 Å². The van der Waals surface area contributed by atoms with E-state index in [0.717, 1.165) is 59.4 Å². The summed E-state index contributed by atoms with van der Waals surface area (Å²) >= 11 is 3.58. The first-order chi connectivity index (χ1) is 15.6. The molecule has 2 aromatic heterocycles. The minimum absolute atomic E-state index is 0. The van der Waals surface area contributed by atoms with Crippen LogP contribution in [0, 0.1) is 0 Å². The van der Waals surface area contributed by atoms with Crippen molar-refractivity contribution < 1.29 is 0 Å². The third-order valence-electron chi connectivity index (χ3n) is 6.38. The molecule has 7 heteroatoms. The van der Waals surface area contributed by atoms with Crippen molar-refractivity contribution in [3.8, 4) is 0 Å². The van der Waals surface area contributed by atoms with Gasteiger partial charge in [-0.2, -0.15) is 4.98 Å². The second-order valence-corrected chi connectivity index (χ2v) is 9.78. The Kier molecular flexibility index (Phi) is 7.20. The van der Waals surface area contributed by atoms with Crippen LogP contribution in [-0.4, -0.2) is 41.1 Å². The molecule has 1 aliphatic carbocycles. The normalized spacial score (nSPS) is 18.3. The lowest BCUT2D eigenvalue weighted by Crippen LogP contribution is -2.36. The summed E-state index contributed by atoms with van der Waals surface area (Å²) in [6, 6.07) is 15.5. The third kappa shape index (κ3) is 5.14. The minimum atomic E-state index is 0. The van der Waals surface area contributed by atoms with Gasteiger partial charge in [0.1, 0.15) is 5.82 Å². The molecule has 0 radical (unpaired) electrons. The number of nitrogens with one attached hydrogen (secondary N) is 3. The molecule has 3 N–H and O–H groups in total. The van der Waals surface area contributed by atoms with Gasteiger partial charge in [0, 0.05) is 59.7 Å². The van der Waals surface area contributed by atoms with Crippen LogP contribution in [-0.2, 0) is 6.54 Å². The molecular weight excluding hydrogens is 476 g/mol. The van der Waals surface area contributed by atoms with Crippen molar-refractivity contribution in [1.82, 2.24) is 20.3 Å². The smallest absolute Gasteiger partial charge is 0.225 e. The van der Waals surface area contributed by atoms with Crippen molar-refractivity contribution in [2.24, 2.45) is 0 Å². The van der Waals surface area contributed by atoms with Gasteiger partial charge in [0.05, 0.1) is 5.52 Å². The first kappa shape index (κ1) is 23.5. The van der Waals surface area contributed by atoms with Gasteiger partial charge in [0.25, 0.3) is 0 Å². The van der Waals surface area contributed by atoms with Gasteiger partial charge < -0.3 is 20.5 Å². The summed E-state index contributed by atoms with van der Waals surface area (Å²) in [5.74, 6) is 1.69. The zero-order valence-corrected chi connectivity index (χ0v) is 20.1. The van der Waals surface area contributed by atoms with Crippen LogP contribution in [0.3, 0.4) is 0 Å². The van der Waals surface area contributed by atoms with Crippen LogP contribution >= 0.6 is 15.9 Å². The topological polar surface area (TPSA) is 68.9 Å². The van der Waals surface area contributed by atoms with Gasteiger partial charge in [-0.1, -0.05) is 35.5 Å². The number of aromatic amines is 1. The Hall–Kier alpha value is -2.64. The quantitative estimate of drug-likeness (QED) is 0.294. The molecule has 1 saturated carbocycles. The van der Waals surface area contributed by atoms with E-state index < -0.39 is 0 Å². The van der Waals surface area contributed by atoms with E-state index in [1.807, 2.05) is 26.2 Å². The fourth-order valence-electron chi connectivity index (χ4n) is 4.64. The molecule has 6 nitrogen and oxygen atoms in total. The van der Waals surface area contributed by atoms with E-state index in [0.29, 0.717) is 12.1 Å². The molecule has 2 aromatic carbocycles. The summed E-state index contributed by atoms with van der Waals surface area (Å²) in [7, 11) is 4.06. The summed E-state index contributed by atoms with van der Waals surface area (Å²) in [6.07, 6.45) is 6.65. The molecule has 1 fully saturated rings. The van der Waals surface area contributed by atoms with E-state index in [9.17, 15) is 0 Å². The summed E-state index contributed by atoms with van der Waals surface area (Å²) in [4.78, 5) is 15.0. The Morgan fingerprint density at radius 3 is 2.55 bits per heavy atom. The molecule has 0 spiro atoms. The Balaban J connectivity index is 0.00000259. The van der Waals surface area contributed by atoms with Crippen molar-refractivity contribution in [2.75, 3.05) is 24.3 Å². The molecule has 33 heavy (non-hydrogen) atoms. The number of nitrogens with zero attached hydrogens (tertiary/aromatic N) is 3. The van der Waals surface area contributed by atoms with Gasteiger partial charge >= 0.3 is 0 Å². The molecule has 0 atom stereocenters. The highest BCUT2D eigenvalue weighted by Gasteiger charge is 2.22. The average molecular weight is 509 g/mol. The molecule has 0 unspecified atom stereocenters. The lowest BCUT2D eigenvalue weighted by atomic mass is 9.91. The number of halogens is 1. The van der Waals surface area contributed by atoms with E-state index in [1.165, 1.54) is 16.5 Å². The highest BCUT2D eigenvalue weighted by atomic mass is 79.9. The third-order valence-corrected chi connectivity index (χ3v) is 6.87. The summed E-state index contributed by atoms with van der Waals surface area (Å²) in [5, 5.41) is 9.74. The lowest BCUT2D eigenvalue weighted by molar-refractivity contribution is 0.352. The molecule has 0 bridgehead atoms. The number of anilines is 2. The van der Waals surface area contributed by atoms with Crippen LogP contribution in [0.5, 0.6) is 0 Å². The van der Waals surface area contributed by atoms with Crippen LogP contribution in [0.1, 0.15) is 38.7 Å². The Labute approximate surface area is 204 Å². The van der Waals surface area contributed by atoms with Gasteiger partial charge in [-0.25, -0.2) is 4.98 Å². The van der Waals surface area contributed by atoms with Crippen molar-refractivity contribution in [3.63, 3.8) is 0 Å². The SMILES string of the molecule is C.CN(C)c1nc(NC2CCC(NCc3c[nH]c4ccc(Br)cc34)CC2)nc2ccccc12. The molecule has 0 saturated heterocycles. The van der Waals surface area contributed by atoms with Crippen LogP contribution in [0.2, 0.25) is 0 Å². The van der Waals surface area contributed by atoms with E-state index in [1.54, 1.807) is 0 Å². The van der Waals surface area contributed by atoms with E-state index in [2.05, 4.69) is 73.0 Å². The molecule has 4 aromatic rings. The molecule has 5 rings (SSSR count). The number of fused-ring (bicyclic) bond motifs is 2. The molecule has 174 valence electrons. The van der Waals surface area contributed by atoms with Gasteiger partial charge in [0.2, 0.25) is 5.95 Å². The highest BCUT2D eigenvalue weighted by Crippen LogP contribution is 2.27. The molecule has 0 amide bonds. The van der Waals surface area contributed by atoms with Crippen molar-refractivity contribution >= 4 is 49.5 Å². The zero-order chi connectivity index (χ0) is 22.1. The molecule has 2 heterocycles. The number of hydrogen-bond acceptors (Lipinski definition) is 5. The summed E-state index contributed by atoms with van der Waals surface area (Å²) < 4.78 is 1.12. The number of aromatic nitrogens is 3. The van der Waals surface area contributed by atoms with Crippen LogP contribution in [0.15, 0.2) is 53.1 Å². The molecular formula is C26H33BrN6. The fourth-order valence-corrected chi connectivity index (χ4v) is 5.00. The number of hydrogen-bond donors (Lipinski definition) is 3. The first-order valence-electron chi connectivity index (χ1n) is 11.3. The zero-order valence-electron chi connectivity index (χ0n) is 18.5. The highest BCUT2D eigenvalue weighted by molar-refractivity contribution is 9.10. The van der Waals surface area contributed by atoms with Gasteiger partial charge in [0.15, 0.2) is 0 Å². The molecule has 0 aliphatic heterocycles. The number of rotatable bonds is 6. The minimum Gasteiger partial charge on any atom is -0.362 e. The predicted molar refractivity (Wildman–Crippen MR) is 143 cm³/mol. The standard InChI is InChI=1S/C25H29BrN6.CH4/c1-32(2)24-20-5-3-4-6-23(20)30-25(31-24)29-19-10-8-18(9-11-19)27-14-16-15-28-22-12-7-17(26)13-21(16)22;/h3-7,12-13,15,18-19,27-28H,8-11,14H2,1-2H3,(H,29,30,31);1H4. The monoisotopic (exact) mass is 508 g/mol. The van der Waals surface area contributed by atoms with Crippen LogP contribution < -0.4 is 15.5 Å².